The summed E-state index contributed by atoms with van der Waals surface area (Å²) in [4.78, 5) is 49.6. The maximum absolute atomic E-state index is 12.6. The number of aliphatic hydroxyl groups excluding tert-OH is 1. The lowest BCUT2D eigenvalue weighted by Gasteiger charge is -2.27. The van der Waals surface area contributed by atoms with Crippen LogP contribution in [0.5, 0.6) is 0 Å². The lowest BCUT2D eigenvalue weighted by atomic mass is 10.1. The molecule has 1 aliphatic heterocycles. The zero-order chi connectivity index (χ0) is 21.3. The van der Waals surface area contributed by atoms with E-state index in [4.69, 9.17) is 16.6 Å². The molecule has 1 rings (SSSR count). The number of carboxylic acid groups (broad SMARTS) is 1. The van der Waals surface area contributed by atoms with Crippen molar-refractivity contribution in [1.29, 1.82) is 0 Å². The molecule has 0 aliphatic carbocycles. The summed E-state index contributed by atoms with van der Waals surface area (Å²) in [5, 5.41) is 23.2. The highest BCUT2D eigenvalue weighted by atomic mass is 16.4. The number of nitrogens with zero attached hydrogens (tertiary/aromatic N) is 1. The van der Waals surface area contributed by atoms with Crippen LogP contribution in [0, 0.1) is 0 Å². The zero-order valence-electron chi connectivity index (χ0n) is 16.1. The number of nitrogens with two attached hydrogens (primary N) is 2. The van der Waals surface area contributed by atoms with Gasteiger partial charge >= 0.3 is 5.97 Å². The first kappa shape index (κ1) is 23.8. The van der Waals surface area contributed by atoms with Crippen LogP contribution in [0.4, 0.5) is 0 Å². The van der Waals surface area contributed by atoms with Crippen LogP contribution in [0.25, 0.3) is 0 Å². The molecule has 1 saturated heterocycles. The minimum Gasteiger partial charge on any atom is -0.480 e. The SMILES string of the molecule is CC(NC(=O)C(CCCCN)NC(=O)C(N)CO)C(=O)N1CCCC1C(=O)O. The van der Waals surface area contributed by atoms with E-state index in [9.17, 15) is 24.3 Å². The first-order valence-electron chi connectivity index (χ1n) is 9.43. The maximum Gasteiger partial charge on any atom is 0.326 e. The highest BCUT2D eigenvalue weighted by Gasteiger charge is 2.36. The van der Waals surface area contributed by atoms with E-state index in [-0.39, 0.29) is 6.42 Å². The standard InChI is InChI=1S/C17H31N5O6/c1-10(16(26)22-8-4-6-13(22)17(27)28)20-15(25)12(5-2-3-7-18)21-14(24)11(19)9-23/h10-13,23H,2-9,18-19H2,1H3,(H,20,25)(H,21,24)(H,27,28). The number of unbranched alkanes of at least 4 members (excludes halogenated alkanes) is 1. The number of aliphatic carboxylic acids is 1. The van der Waals surface area contributed by atoms with Crippen molar-refractivity contribution in [3.05, 3.63) is 0 Å². The molecule has 1 fully saturated rings. The second kappa shape index (κ2) is 11.6. The van der Waals surface area contributed by atoms with Crippen LogP contribution in [0.1, 0.15) is 39.0 Å². The minimum atomic E-state index is -1.16. The van der Waals surface area contributed by atoms with Gasteiger partial charge in [0.05, 0.1) is 6.61 Å². The molecule has 0 bridgehead atoms. The van der Waals surface area contributed by atoms with E-state index < -0.39 is 54.5 Å². The number of hydrogen-bond donors (Lipinski definition) is 6. The fraction of sp³-hybridized carbons (Fsp3) is 0.765. The van der Waals surface area contributed by atoms with Gasteiger partial charge in [0.1, 0.15) is 24.2 Å². The quantitative estimate of drug-likeness (QED) is 0.205. The van der Waals surface area contributed by atoms with E-state index in [1.54, 1.807) is 0 Å². The number of likely N-dealkylation sites (tertiary alicyclic amines) is 1. The van der Waals surface area contributed by atoms with Gasteiger partial charge in [-0.1, -0.05) is 0 Å². The van der Waals surface area contributed by atoms with Gasteiger partial charge < -0.3 is 37.2 Å². The average molecular weight is 401 g/mol. The van der Waals surface area contributed by atoms with E-state index in [1.165, 1.54) is 11.8 Å². The van der Waals surface area contributed by atoms with E-state index in [2.05, 4.69) is 10.6 Å². The van der Waals surface area contributed by atoms with Crippen molar-refractivity contribution in [2.24, 2.45) is 11.5 Å². The Kier molecular flexibility index (Phi) is 9.83. The summed E-state index contributed by atoms with van der Waals surface area (Å²) < 4.78 is 0. The molecule has 28 heavy (non-hydrogen) atoms. The summed E-state index contributed by atoms with van der Waals surface area (Å²) in [6, 6.07) is -3.95. The van der Waals surface area contributed by atoms with Gasteiger partial charge in [0.2, 0.25) is 17.7 Å². The molecule has 1 aliphatic rings. The Morgan fingerprint density at radius 2 is 1.86 bits per heavy atom. The molecule has 0 spiro atoms. The number of carbonyl (C=O) groups is 4. The topological polar surface area (TPSA) is 188 Å². The Hall–Kier alpha value is -2.24. The Morgan fingerprint density at radius 3 is 2.43 bits per heavy atom. The lowest BCUT2D eigenvalue weighted by molar-refractivity contribution is -0.149. The van der Waals surface area contributed by atoms with Gasteiger partial charge in [0.25, 0.3) is 0 Å². The van der Waals surface area contributed by atoms with Crippen LogP contribution in [0.2, 0.25) is 0 Å². The summed E-state index contributed by atoms with van der Waals surface area (Å²) in [5.74, 6) is -2.83. The van der Waals surface area contributed by atoms with Gasteiger partial charge in [0.15, 0.2) is 0 Å². The van der Waals surface area contributed by atoms with Crippen LogP contribution in [0.3, 0.4) is 0 Å². The van der Waals surface area contributed by atoms with E-state index in [0.717, 1.165) is 0 Å². The predicted molar refractivity (Wildman–Crippen MR) is 99.9 cm³/mol. The minimum absolute atomic E-state index is 0.287. The van der Waals surface area contributed by atoms with Crippen LogP contribution in [-0.2, 0) is 19.2 Å². The van der Waals surface area contributed by atoms with Crippen molar-refractivity contribution in [3.8, 4) is 0 Å². The van der Waals surface area contributed by atoms with Gasteiger partial charge in [-0.3, -0.25) is 14.4 Å². The Labute approximate surface area is 163 Å². The van der Waals surface area contributed by atoms with Gasteiger partial charge in [-0.05, 0) is 45.6 Å². The summed E-state index contributed by atoms with van der Waals surface area (Å²) >= 11 is 0. The second-order valence-electron chi connectivity index (χ2n) is 6.89. The molecule has 11 heteroatoms. The smallest absolute Gasteiger partial charge is 0.326 e. The predicted octanol–water partition coefficient (Wildman–Crippen LogP) is -2.50. The molecule has 1 heterocycles. The van der Waals surface area contributed by atoms with E-state index in [0.29, 0.717) is 38.8 Å². The summed E-state index contributed by atoms with van der Waals surface area (Å²) in [6.07, 6.45) is 2.46. The molecule has 4 atom stereocenters. The number of carbonyl (C=O) groups excluding carboxylic acids is 3. The number of aliphatic hydroxyl groups is 1. The average Bonchev–Trinajstić information content (AvgIpc) is 3.15. The fourth-order valence-electron chi connectivity index (χ4n) is 3.03. The highest BCUT2D eigenvalue weighted by molar-refractivity contribution is 5.94. The van der Waals surface area contributed by atoms with Crippen LogP contribution in [0.15, 0.2) is 0 Å². The van der Waals surface area contributed by atoms with Gasteiger partial charge in [-0.25, -0.2) is 4.79 Å². The Bertz CT molecular complexity index is 572. The fourth-order valence-corrected chi connectivity index (χ4v) is 3.03. The van der Waals surface area contributed by atoms with E-state index >= 15 is 0 Å². The van der Waals surface area contributed by atoms with Crippen molar-refractivity contribution in [2.45, 2.75) is 63.2 Å². The van der Waals surface area contributed by atoms with Crippen molar-refractivity contribution in [1.82, 2.24) is 15.5 Å². The maximum atomic E-state index is 12.6. The summed E-state index contributed by atoms with van der Waals surface area (Å²) in [7, 11) is 0. The third kappa shape index (κ3) is 6.73. The number of carboxylic acids is 1. The lowest BCUT2D eigenvalue weighted by Crippen LogP contribution is -2.56. The van der Waals surface area contributed by atoms with Crippen LogP contribution >= 0.6 is 0 Å². The Balaban J connectivity index is 2.74. The monoisotopic (exact) mass is 401 g/mol. The van der Waals surface area contributed by atoms with Crippen molar-refractivity contribution in [3.63, 3.8) is 0 Å². The molecular weight excluding hydrogens is 370 g/mol. The molecule has 160 valence electrons. The molecular formula is C17H31N5O6. The molecule has 4 unspecified atom stereocenters. The molecule has 3 amide bonds. The largest absolute Gasteiger partial charge is 0.480 e. The first-order valence-corrected chi connectivity index (χ1v) is 9.43. The molecule has 11 nitrogen and oxygen atoms in total. The first-order chi connectivity index (χ1) is 13.2. The molecule has 8 N–H and O–H groups in total. The third-order valence-electron chi connectivity index (χ3n) is 4.66. The number of hydrogen-bond acceptors (Lipinski definition) is 7. The van der Waals surface area contributed by atoms with Crippen LogP contribution < -0.4 is 22.1 Å². The summed E-state index contributed by atoms with van der Waals surface area (Å²) in [5.41, 5.74) is 10.9. The van der Waals surface area contributed by atoms with Crippen molar-refractivity contribution < 1.29 is 29.4 Å². The number of amides is 3. The molecule has 0 saturated carbocycles. The number of rotatable bonds is 11. The molecule has 0 radical (unpaired) electrons. The molecule has 0 aromatic carbocycles. The number of nitrogens with one attached hydrogen (secondary N) is 2. The third-order valence-corrected chi connectivity index (χ3v) is 4.66. The van der Waals surface area contributed by atoms with Crippen molar-refractivity contribution >= 4 is 23.7 Å². The molecule has 0 aromatic heterocycles. The molecule has 0 aromatic rings. The van der Waals surface area contributed by atoms with Gasteiger partial charge in [-0.15, -0.1) is 0 Å². The normalized spacial score (nSPS) is 19.6. The Morgan fingerprint density at radius 1 is 1.18 bits per heavy atom. The van der Waals surface area contributed by atoms with Gasteiger partial charge in [0, 0.05) is 6.54 Å². The van der Waals surface area contributed by atoms with Crippen LogP contribution in [-0.4, -0.2) is 82.7 Å². The van der Waals surface area contributed by atoms with Gasteiger partial charge in [-0.2, -0.15) is 0 Å². The highest BCUT2D eigenvalue weighted by Crippen LogP contribution is 2.18. The zero-order valence-corrected chi connectivity index (χ0v) is 16.1. The summed E-state index contributed by atoms with van der Waals surface area (Å²) in [6.45, 7) is 1.65. The van der Waals surface area contributed by atoms with E-state index in [1.807, 2.05) is 0 Å². The second-order valence-corrected chi connectivity index (χ2v) is 6.89. The van der Waals surface area contributed by atoms with Crippen molar-refractivity contribution in [2.75, 3.05) is 19.7 Å².